The highest BCUT2D eigenvalue weighted by atomic mass is 16.5. The van der Waals surface area contributed by atoms with Gasteiger partial charge in [0.2, 0.25) is 0 Å². The predicted octanol–water partition coefficient (Wildman–Crippen LogP) is 4.75. The monoisotopic (exact) mass is 356 g/mol. The second-order valence-corrected chi connectivity index (χ2v) is 6.92. The van der Waals surface area contributed by atoms with Gasteiger partial charge in [0.05, 0.1) is 7.11 Å². The van der Waals surface area contributed by atoms with E-state index in [9.17, 15) is 0 Å². The Morgan fingerprint density at radius 2 is 1.81 bits per heavy atom. The van der Waals surface area contributed by atoms with Crippen LogP contribution in [0.2, 0.25) is 0 Å². The molecule has 3 nitrogen and oxygen atoms in total. The van der Waals surface area contributed by atoms with E-state index in [0.29, 0.717) is 6.04 Å². The van der Waals surface area contributed by atoms with Crippen molar-refractivity contribution in [3.63, 3.8) is 0 Å². The lowest BCUT2D eigenvalue weighted by atomic mass is 9.92. The number of methoxy groups -OCH3 is 1. The van der Waals surface area contributed by atoms with Crippen LogP contribution in [0.3, 0.4) is 0 Å². The van der Waals surface area contributed by atoms with E-state index >= 15 is 0 Å². The fourth-order valence-electron chi connectivity index (χ4n) is 3.65. The van der Waals surface area contributed by atoms with Gasteiger partial charge < -0.3 is 10.1 Å². The zero-order valence-electron chi connectivity index (χ0n) is 15.6. The Kier molecular flexibility index (Phi) is 5.31. The topological polar surface area (TPSA) is 34.1 Å². The molecule has 0 fully saturated rings. The molecule has 1 atom stereocenters. The average molecular weight is 356 g/mol. The fourth-order valence-corrected chi connectivity index (χ4v) is 3.65. The van der Waals surface area contributed by atoms with E-state index in [1.165, 1.54) is 16.7 Å². The molecule has 1 aromatic heterocycles. The van der Waals surface area contributed by atoms with Gasteiger partial charge in [0.25, 0.3) is 0 Å². The van der Waals surface area contributed by atoms with Crippen molar-refractivity contribution in [3.8, 4) is 16.9 Å². The molecule has 1 unspecified atom stereocenters. The zero-order chi connectivity index (χ0) is 18.5. The maximum Gasteiger partial charge on any atom is 0.119 e. The quantitative estimate of drug-likeness (QED) is 0.717. The van der Waals surface area contributed by atoms with E-state index in [1.54, 1.807) is 7.11 Å². The highest BCUT2D eigenvalue weighted by Crippen LogP contribution is 2.26. The van der Waals surface area contributed by atoms with Crippen molar-refractivity contribution in [2.45, 2.75) is 18.9 Å². The first-order chi connectivity index (χ1) is 13.3. The first-order valence-corrected chi connectivity index (χ1v) is 9.38. The number of benzene rings is 2. The largest absolute Gasteiger partial charge is 0.497 e. The van der Waals surface area contributed by atoms with Gasteiger partial charge in [-0.1, -0.05) is 48.5 Å². The Labute approximate surface area is 160 Å². The third-order valence-electron chi connectivity index (χ3n) is 5.05. The molecule has 1 aliphatic rings. The van der Waals surface area contributed by atoms with Gasteiger partial charge in [0.15, 0.2) is 0 Å². The number of pyridine rings is 1. The summed E-state index contributed by atoms with van der Waals surface area (Å²) in [6.07, 6.45) is 8.20. The lowest BCUT2D eigenvalue weighted by molar-refractivity contribution is 0.415. The second-order valence-electron chi connectivity index (χ2n) is 6.92. The van der Waals surface area contributed by atoms with Gasteiger partial charge in [0, 0.05) is 30.5 Å². The van der Waals surface area contributed by atoms with Crippen molar-refractivity contribution in [1.82, 2.24) is 10.3 Å². The molecule has 2 aromatic carbocycles. The van der Waals surface area contributed by atoms with Crippen LogP contribution in [-0.2, 0) is 6.42 Å². The SMILES string of the molecule is COc1cccc(-c2cncc(CC3CC(c4ccccc4)=CCN3)c2)c1. The van der Waals surface area contributed by atoms with Crippen molar-refractivity contribution in [1.29, 1.82) is 0 Å². The van der Waals surface area contributed by atoms with E-state index in [1.807, 2.05) is 24.5 Å². The van der Waals surface area contributed by atoms with Crippen LogP contribution >= 0.6 is 0 Å². The van der Waals surface area contributed by atoms with Crippen molar-refractivity contribution >= 4 is 5.57 Å². The molecule has 0 saturated carbocycles. The summed E-state index contributed by atoms with van der Waals surface area (Å²) in [5.41, 5.74) is 6.26. The molecule has 0 saturated heterocycles. The molecule has 1 aliphatic heterocycles. The molecule has 0 amide bonds. The third kappa shape index (κ3) is 4.26. The van der Waals surface area contributed by atoms with Gasteiger partial charge in [0.1, 0.15) is 5.75 Å². The van der Waals surface area contributed by atoms with Crippen molar-refractivity contribution in [2.75, 3.05) is 13.7 Å². The summed E-state index contributed by atoms with van der Waals surface area (Å²) in [4.78, 5) is 4.48. The van der Waals surface area contributed by atoms with Crippen LogP contribution < -0.4 is 10.1 Å². The summed E-state index contributed by atoms with van der Waals surface area (Å²) in [6, 6.07) is 21.5. The third-order valence-corrected chi connectivity index (χ3v) is 5.05. The summed E-state index contributed by atoms with van der Waals surface area (Å²) in [6.45, 7) is 0.915. The first kappa shape index (κ1) is 17.5. The Balaban J connectivity index is 1.49. The maximum atomic E-state index is 5.35. The molecular formula is C24H24N2O. The van der Waals surface area contributed by atoms with Crippen molar-refractivity contribution < 1.29 is 4.74 Å². The highest BCUT2D eigenvalue weighted by Gasteiger charge is 2.17. The van der Waals surface area contributed by atoms with E-state index in [2.05, 4.69) is 64.9 Å². The molecule has 1 N–H and O–H groups in total. The number of hydrogen-bond donors (Lipinski definition) is 1. The average Bonchev–Trinajstić information content (AvgIpc) is 2.75. The molecule has 3 heteroatoms. The standard InChI is InChI=1S/C24H24N2O/c1-27-24-9-5-8-20(15-24)22-12-18(16-25-17-22)13-23-14-21(10-11-26-23)19-6-3-2-4-7-19/h2-10,12,15-17,23,26H,11,13-14H2,1H3. The minimum Gasteiger partial charge on any atom is -0.497 e. The number of rotatable bonds is 5. The Bertz CT molecular complexity index is 934. The zero-order valence-corrected chi connectivity index (χ0v) is 15.6. The minimum absolute atomic E-state index is 0.424. The lowest BCUT2D eigenvalue weighted by Gasteiger charge is -2.25. The van der Waals surface area contributed by atoms with E-state index in [-0.39, 0.29) is 0 Å². The molecular weight excluding hydrogens is 332 g/mol. The fraction of sp³-hybridized carbons (Fsp3) is 0.208. The predicted molar refractivity (Wildman–Crippen MR) is 111 cm³/mol. The maximum absolute atomic E-state index is 5.35. The van der Waals surface area contributed by atoms with Crippen molar-refractivity contribution in [3.05, 3.63) is 90.3 Å². The summed E-state index contributed by atoms with van der Waals surface area (Å²) in [5, 5.41) is 3.62. The summed E-state index contributed by atoms with van der Waals surface area (Å²) < 4.78 is 5.35. The summed E-state index contributed by atoms with van der Waals surface area (Å²) in [7, 11) is 1.69. The Morgan fingerprint density at radius 3 is 2.67 bits per heavy atom. The molecule has 136 valence electrons. The Hall–Kier alpha value is -2.91. The number of nitrogens with zero attached hydrogens (tertiary/aromatic N) is 1. The van der Waals surface area contributed by atoms with Crippen LogP contribution in [-0.4, -0.2) is 24.7 Å². The highest BCUT2D eigenvalue weighted by molar-refractivity contribution is 5.67. The minimum atomic E-state index is 0.424. The smallest absolute Gasteiger partial charge is 0.119 e. The number of ether oxygens (including phenoxy) is 1. The molecule has 2 heterocycles. The van der Waals surface area contributed by atoms with Gasteiger partial charge in [-0.15, -0.1) is 0 Å². The summed E-state index contributed by atoms with van der Waals surface area (Å²) in [5.74, 6) is 0.865. The van der Waals surface area contributed by atoms with E-state index in [0.717, 1.165) is 36.3 Å². The molecule has 0 bridgehead atoms. The van der Waals surface area contributed by atoms with E-state index < -0.39 is 0 Å². The van der Waals surface area contributed by atoms with Crippen LogP contribution in [0.15, 0.2) is 79.1 Å². The lowest BCUT2D eigenvalue weighted by Crippen LogP contribution is -2.34. The second kappa shape index (κ2) is 8.19. The van der Waals surface area contributed by atoms with Crippen LogP contribution in [0.1, 0.15) is 17.5 Å². The number of aromatic nitrogens is 1. The van der Waals surface area contributed by atoms with Gasteiger partial charge in [-0.25, -0.2) is 0 Å². The first-order valence-electron chi connectivity index (χ1n) is 9.38. The van der Waals surface area contributed by atoms with Crippen LogP contribution in [0.5, 0.6) is 5.75 Å². The van der Waals surface area contributed by atoms with Gasteiger partial charge in [-0.3, -0.25) is 4.98 Å². The van der Waals surface area contributed by atoms with Crippen LogP contribution in [0, 0.1) is 0 Å². The van der Waals surface area contributed by atoms with E-state index in [4.69, 9.17) is 4.74 Å². The van der Waals surface area contributed by atoms with Crippen LogP contribution in [0.25, 0.3) is 16.7 Å². The normalized spacial score (nSPS) is 16.6. The molecule has 0 radical (unpaired) electrons. The Morgan fingerprint density at radius 1 is 0.963 bits per heavy atom. The van der Waals surface area contributed by atoms with Gasteiger partial charge in [-0.05, 0) is 53.3 Å². The number of hydrogen-bond acceptors (Lipinski definition) is 3. The molecule has 0 spiro atoms. The molecule has 3 aromatic rings. The number of nitrogens with one attached hydrogen (secondary N) is 1. The molecule has 27 heavy (non-hydrogen) atoms. The molecule has 4 rings (SSSR count). The van der Waals surface area contributed by atoms with Gasteiger partial charge >= 0.3 is 0 Å². The molecule has 0 aliphatic carbocycles. The van der Waals surface area contributed by atoms with Crippen molar-refractivity contribution in [2.24, 2.45) is 0 Å². The summed E-state index contributed by atoms with van der Waals surface area (Å²) >= 11 is 0. The van der Waals surface area contributed by atoms with Gasteiger partial charge in [-0.2, -0.15) is 0 Å². The van der Waals surface area contributed by atoms with Crippen LogP contribution in [0.4, 0.5) is 0 Å².